The Morgan fingerprint density at radius 1 is 0.850 bits per heavy atom. The molecule has 0 fully saturated rings. The fraction of sp³-hybridized carbons (Fsp3) is 0.250. The van der Waals surface area contributed by atoms with Crippen molar-refractivity contribution in [3.8, 4) is 0 Å². The maximum Gasteiger partial charge on any atom is 0.113 e. The van der Waals surface area contributed by atoms with Crippen LogP contribution in [-0.2, 0) is 16.9 Å². The number of benzene rings is 2. The molecule has 0 spiro atoms. The van der Waals surface area contributed by atoms with Crippen molar-refractivity contribution in [2.75, 3.05) is 6.54 Å². The minimum atomic E-state index is -2.60. The molecule has 0 radical (unpaired) electrons. The van der Waals surface area contributed by atoms with Crippen molar-refractivity contribution in [2.45, 2.75) is 18.1 Å². The first-order chi connectivity index (χ1) is 9.64. The summed E-state index contributed by atoms with van der Waals surface area (Å²) in [6.45, 7) is 0.247. The molecule has 2 rings (SSSR count). The molecule has 2 aromatic rings. The second kappa shape index (κ2) is 6.85. The zero-order valence-electron chi connectivity index (χ0n) is 11.5. The topological polar surface area (TPSA) is 69.1 Å². The third-order valence-corrected chi connectivity index (χ3v) is 6.65. The Kier molecular flexibility index (Phi) is 5.13. The molecule has 0 saturated carbocycles. The molecule has 0 heterocycles. The standard InChI is InChI=1S/C16H21N2OP/c17-11-16(18)20(19,12-14-7-3-1-4-8-14)13-15-9-5-2-6-10-15/h1-10,16H,11-13,17-18H2. The third kappa shape index (κ3) is 3.80. The summed E-state index contributed by atoms with van der Waals surface area (Å²) in [6.07, 6.45) is 1.00. The molecular weight excluding hydrogens is 267 g/mol. The van der Waals surface area contributed by atoms with Gasteiger partial charge < -0.3 is 16.0 Å². The Labute approximate surface area is 120 Å². The number of hydrogen-bond acceptors (Lipinski definition) is 3. The van der Waals surface area contributed by atoms with Crippen LogP contribution in [0.25, 0.3) is 0 Å². The third-order valence-electron chi connectivity index (χ3n) is 3.43. The van der Waals surface area contributed by atoms with Crippen molar-refractivity contribution in [1.82, 2.24) is 0 Å². The highest BCUT2D eigenvalue weighted by Gasteiger charge is 2.29. The molecule has 1 atom stereocenters. The minimum absolute atomic E-state index is 0.247. The Bertz CT molecular complexity index is 526. The monoisotopic (exact) mass is 288 g/mol. The summed E-state index contributed by atoms with van der Waals surface area (Å²) in [7, 11) is -2.60. The Morgan fingerprint density at radius 3 is 1.60 bits per heavy atom. The van der Waals surface area contributed by atoms with Crippen molar-refractivity contribution < 1.29 is 4.57 Å². The molecule has 0 amide bonds. The van der Waals surface area contributed by atoms with Gasteiger partial charge in [-0.15, -0.1) is 0 Å². The zero-order chi connectivity index (χ0) is 14.4. The first-order valence-electron chi connectivity index (χ1n) is 6.75. The number of hydrogen-bond donors (Lipinski definition) is 2. The highest BCUT2D eigenvalue weighted by Crippen LogP contribution is 2.54. The second-order valence-electron chi connectivity index (χ2n) is 5.04. The predicted molar refractivity (Wildman–Crippen MR) is 84.9 cm³/mol. The lowest BCUT2D eigenvalue weighted by Crippen LogP contribution is -2.30. The van der Waals surface area contributed by atoms with Crippen LogP contribution < -0.4 is 11.5 Å². The largest absolute Gasteiger partial charge is 0.328 e. The molecule has 3 nitrogen and oxygen atoms in total. The molecule has 0 aliphatic heterocycles. The van der Waals surface area contributed by atoms with Crippen molar-refractivity contribution in [3.63, 3.8) is 0 Å². The summed E-state index contributed by atoms with van der Waals surface area (Å²) in [5.74, 6) is -0.456. The van der Waals surface area contributed by atoms with Gasteiger partial charge in [0.1, 0.15) is 7.14 Å². The average Bonchev–Trinajstić information content (AvgIpc) is 2.48. The fourth-order valence-electron chi connectivity index (χ4n) is 2.27. The molecule has 106 valence electrons. The summed E-state index contributed by atoms with van der Waals surface area (Å²) < 4.78 is 13.3. The van der Waals surface area contributed by atoms with Gasteiger partial charge in [0.25, 0.3) is 0 Å². The molecule has 2 aromatic carbocycles. The van der Waals surface area contributed by atoms with Crippen LogP contribution in [0.4, 0.5) is 0 Å². The van der Waals surface area contributed by atoms with Gasteiger partial charge in [-0.3, -0.25) is 0 Å². The predicted octanol–water partition coefficient (Wildman–Crippen LogP) is 2.99. The van der Waals surface area contributed by atoms with E-state index in [9.17, 15) is 4.57 Å². The van der Waals surface area contributed by atoms with Gasteiger partial charge in [0.2, 0.25) is 0 Å². The summed E-state index contributed by atoms with van der Waals surface area (Å²) in [4.78, 5) is 0. The van der Waals surface area contributed by atoms with Gasteiger partial charge in [0, 0.05) is 18.9 Å². The minimum Gasteiger partial charge on any atom is -0.328 e. The SMILES string of the molecule is NCC(N)P(=O)(Cc1ccccc1)Cc1ccccc1. The van der Waals surface area contributed by atoms with Gasteiger partial charge in [-0.25, -0.2) is 0 Å². The normalized spacial score (nSPS) is 13.1. The van der Waals surface area contributed by atoms with Crippen LogP contribution in [0.3, 0.4) is 0 Å². The molecule has 0 saturated heterocycles. The van der Waals surface area contributed by atoms with Crippen molar-refractivity contribution in [1.29, 1.82) is 0 Å². The van der Waals surface area contributed by atoms with Gasteiger partial charge in [-0.1, -0.05) is 60.7 Å². The van der Waals surface area contributed by atoms with E-state index in [0.29, 0.717) is 12.3 Å². The van der Waals surface area contributed by atoms with E-state index in [4.69, 9.17) is 11.5 Å². The van der Waals surface area contributed by atoms with E-state index in [0.717, 1.165) is 11.1 Å². The van der Waals surface area contributed by atoms with Crippen LogP contribution in [0.15, 0.2) is 60.7 Å². The Balaban J connectivity index is 2.24. The van der Waals surface area contributed by atoms with Crippen LogP contribution >= 0.6 is 7.14 Å². The first kappa shape index (κ1) is 15.0. The molecule has 0 aromatic heterocycles. The number of nitrogens with two attached hydrogens (primary N) is 2. The van der Waals surface area contributed by atoms with Crippen LogP contribution in [-0.4, -0.2) is 12.3 Å². The van der Waals surface area contributed by atoms with E-state index < -0.39 is 12.9 Å². The van der Waals surface area contributed by atoms with Gasteiger partial charge in [0.05, 0.1) is 5.78 Å². The smallest absolute Gasteiger partial charge is 0.113 e. The van der Waals surface area contributed by atoms with Gasteiger partial charge in [-0.2, -0.15) is 0 Å². The van der Waals surface area contributed by atoms with Crippen molar-refractivity contribution in [3.05, 3.63) is 71.8 Å². The van der Waals surface area contributed by atoms with Crippen LogP contribution in [0, 0.1) is 0 Å². The summed E-state index contributed by atoms with van der Waals surface area (Å²) in [5, 5.41) is 0. The lowest BCUT2D eigenvalue weighted by molar-refractivity contribution is 0.562. The second-order valence-corrected chi connectivity index (χ2v) is 8.24. The molecule has 20 heavy (non-hydrogen) atoms. The Hall–Kier alpha value is -1.41. The van der Waals surface area contributed by atoms with E-state index in [1.807, 2.05) is 60.7 Å². The van der Waals surface area contributed by atoms with E-state index in [2.05, 4.69) is 0 Å². The van der Waals surface area contributed by atoms with Gasteiger partial charge in [0.15, 0.2) is 0 Å². The van der Waals surface area contributed by atoms with E-state index in [-0.39, 0.29) is 6.54 Å². The van der Waals surface area contributed by atoms with Crippen molar-refractivity contribution in [2.24, 2.45) is 11.5 Å². The highest BCUT2D eigenvalue weighted by molar-refractivity contribution is 7.63. The first-order valence-corrected chi connectivity index (χ1v) is 8.90. The maximum atomic E-state index is 13.3. The van der Waals surface area contributed by atoms with Gasteiger partial charge >= 0.3 is 0 Å². The van der Waals surface area contributed by atoms with Crippen LogP contribution in [0.2, 0.25) is 0 Å². The van der Waals surface area contributed by atoms with E-state index in [1.165, 1.54) is 0 Å². The van der Waals surface area contributed by atoms with Crippen molar-refractivity contribution >= 4 is 7.14 Å². The molecule has 0 aliphatic rings. The number of rotatable bonds is 6. The lowest BCUT2D eigenvalue weighted by atomic mass is 10.2. The van der Waals surface area contributed by atoms with Crippen LogP contribution in [0.1, 0.15) is 11.1 Å². The van der Waals surface area contributed by atoms with Gasteiger partial charge in [-0.05, 0) is 11.1 Å². The lowest BCUT2D eigenvalue weighted by Gasteiger charge is -2.24. The molecule has 4 N–H and O–H groups in total. The summed E-state index contributed by atoms with van der Waals surface area (Å²) >= 11 is 0. The fourth-order valence-corrected chi connectivity index (χ4v) is 4.89. The zero-order valence-corrected chi connectivity index (χ0v) is 12.4. The van der Waals surface area contributed by atoms with Crippen LogP contribution in [0.5, 0.6) is 0 Å². The summed E-state index contributed by atoms with van der Waals surface area (Å²) in [5.41, 5.74) is 13.8. The Morgan fingerprint density at radius 2 is 1.25 bits per heavy atom. The highest BCUT2D eigenvalue weighted by atomic mass is 31.2. The molecule has 1 unspecified atom stereocenters. The van der Waals surface area contributed by atoms with E-state index >= 15 is 0 Å². The average molecular weight is 288 g/mol. The summed E-state index contributed by atoms with van der Waals surface area (Å²) in [6, 6.07) is 19.7. The quantitative estimate of drug-likeness (QED) is 0.803. The molecule has 0 bridgehead atoms. The molecular formula is C16H21N2OP. The molecule has 4 heteroatoms. The maximum absolute atomic E-state index is 13.3. The van der Waals surface area contributed by atoms with E-state index in [1.54, 1.807) is 0 Å². The molecule has 0 aliphatic carbocycles.